The van der Waals surface area contributed by atoms with Crippen LogP contribution in [0.25, 0.3) is 0 Å². The van der Waals surface area contributed by atoms with Gasteiger partial charge in [0.1, 0.15) is 12.3 Å². The van der Waals surface area contributed by atoms with Crippen molar-refractivity contribution in [3.63, 3.8) is 0 Å². The van der Waals surface area contributed by atoms with E-state index in [4.69, 9.17) is 4.74 Å². The molecule has 3 aromatic rings. The van der Waals surface area contributed by atoms with Gasteiger partial charge in [-0.15, -0.1) is 0 Å². The van der Waals surface area contributed by atoms with Crippen molar-refractivity contribution in [1.29, 1.82) is 0 Å². The summed E-state index contributed by atoms with van der Waals surface area (Å²) in [6.45, 7) is 0.258. The van der Waals surface area contributed by atoms with Crippen LogP contribution in [0.3, 0.4) is 0 Å². The predicted octanol–water partition coefficient (Wildman–Crippen LogP) is 2.70. The van der Waals surface area contributed by atoms with Crippen LogP contribution in [0, 0.1) is 0 Å². The monoisotopic (exact) mass is 433 g/mol. The third-order valence-electron chi connectivity index (χ3n) is 5.68. The molecular weight excluding hydrogens is 406 g/mol. The van der Waals surface area contributed by atoms with Gasteiger partial charge in [0, 0.05) is 24.4 Å². The molecule has 1 amide bonds. The molecule has 4 rings (SSSR count). The van der Waals surface area contributed by atoms with Gasteiger partial charge in [-0.1, -0.05) is 48.5 Å². The molecule has 7 heteroatoms. The molecule has 1 saturated carbocycles. The van der Waals surface area contributed by atoms with Gasteiger partial charge in [-0.2, -0.15) is 0 Å². The maximum atomic E-state index is 12.8. The minimum absolute atomic E-state index is 0.220. The number of rotatable bonds is 8. The molecule has 0 radical (unpaired) electrons. The molecule has 0 aliphatic heterocycles. The van der Waals surface area contributed by atoms with E-state index in [1.165, 1.54) is 29.7 Å². The fourth-order valence-electron chi connectivity index (χ4n) is 3.95. The van der Waals surface area contributed by atoms with Crippen molar-refractivity contribution in [3.05, 3.63) is 98.8 Å². The molecule has 7 nitrogen and oxygen atoms in total. The van der Waals surface area contributed by atoms with Crippen LogP contribution in [0.1, 0.15) is 36.8 Å². The highest BCUT2D eigenvalue weighted by Gasteiger charge is 2.18. The van der Waals surface area contributed by atoms with Gasteiger partial charge in [0.25, 0.3) is 5.56 Å². The number of nitrogens with zero attached hydrogens (tertiary/aromatic N) is 2. The van der Waals surface area contributed by atoms with Crippen molar-refractivity contribution in [2.75, 3.05) is 0 Å². The number of nitrogens with one attached hydrogen (secondary N) is 1. The highest BCUT2D eigenvalue weighted by atomic mass is 16.5. The Bertz CT molecular complexity index is 1180. The normalized spacial score (nSPS) is 13.8. The minimum Gasteiger partial charge on any atom is -0.490 e. The lowest BCUT2D eigenvalue weighted by molar-refractivity contribution is -0.121. The Morgan fingerprint density at radius 1 is 0.969 bits per heavy atom. The lowest BCUT2D eigenvalue weighted by atomic mass is 10.2. The van der Waals surface area contributed by atoms with E-state index in [0.29, 0.717) is 6.54 Å². The van der Waals surface area contributed by atoms with Gasteiger partial charge in [-0.05, 0) is 37.3 Å². The second-order valence-electron chi connectivity index (χ2n) is 8.04. The number of carbonyl (C=O) groups excluding carboxylic acids is 1. The Morgan fingerprint density at radius 2 is 1.69 bits per heavy atom. The van der Waals surface area contributed by atoms with E-state index in [1.807, 2.05) is 54.6 Å². The van der Waals surface area contributed by atoms with Gasteiger partial charge < -0.3 is 10.1 Å². The van der Waals surface area contributed by atoms with Crippen LogP contribution >= 0.6 is 0 Å². The van der Waals surface area contributed by atoms with Crippen LogP contribution in [-0.4, -0.2) is 21.1 Å². The van der Waals surface area contributed by atoms with Crippen molar-refractivity contribution >= 4 is 5.91 Å². The Balaban J connectivity index is 1.42. The van der Waals surface area contributed by atoms with Crippen LogP contribution in [-0.2, 0) is 24.4 Å². The van der Waals surface area contributed by atoms with E-state index in [9.17, 15) is 14.4 Å². The summed E-state index contributed by atoms with van der Waals surface area (Å²) in [6.07, 6.45) is 6.13. The number of benzene rings is 2. The summed E-state index contributed by atoms with van der Waals surface area (Å²) < 4.78 is 8.49. The lowest BCUT2D eigenvalue weighted by Crippen LogP contribution is -2.43. The van der Waals surface area contributed by atoms with Gasteiger partial charge in [-0.25, -0.2) is 4.79 Å². The quantitative estimate of drug-likeness (QED) is 0.592. The highest BCUT2D eigenvalue weighted by molar-refractivity contribution is 5.75. The van der Waals surface area contributed by atoms with E-state index in [0.717, 1.165) is 34.3 Å². The number of hydrogen-bond acceptors (Lipinski definition) is 4. The first-order chi connectivity index (χ1) is 15.6. The second-order valence-corrected chi connectivity index (χ2v) is 8.04. The molecule has 0 saturated heterocycles. The molecule has 0 unspecified atom stereocenters. The van der Waals surface area contributed by atoms with E-state index in [1.54, 1.807) is 0 Å². The topological polar surface area (TPSA) is 82.3 Å². The average molecular weight is 434 g/mol. The first-order valence-corrected chi connectivity index (χ1v) is 11.0. The fourth-order valence-corrected chi connectivity index (χ4v) is 3.95. The molecule has 2 aromatic carbocycles. The van der Waals surface area contributed by atoms with Crippen molar-refractivity contribution in [1.82, 2.24) is 14.5 Å². The molecule has 32 heavy (non-hydrogen) atoms. The van der Waals surface area contributed by atoms with Crippen LogP contribution in [0.15, 0.2) is 76.4 Å². The Labute approximate surface area is 186 Å². The largest absolute Gasteiger partial charge is 0.490 e. The SMILES string of the molecule is O=C(Cn1c(=O)ccn(Cc2ccccc2)c1=O)NCc1ccccc1OC1CCCC1. The van der Waals surface area contributed by atoms with E-state index < -0.39 is 17.2 Å². The predicted molar refractivity (Wildman–Crippen MR) is 122 cm³/mol. The second kappa shape index (κ2) is 10.1. The summed E-state index contributed by atoms with van der Waals surface area (Å²) in [5, 5.41) is 2.81. The van der Waals surface area contributed by atoms with Crippen molar-refractivity contribution < 1.29 is 9.53 Å². The summed E-state index contributed by atoms with van der Waals surface area (Å²) in [4.78, 5) is 37.6. The van der Waals surface area contributed by atoms with Gasteiger partial charge in [0.2, 0.25) is 5.91 Å². The highest BCUT2D eigenvalue weighted by Crippen LogP contribution is 2.26. The molecule has 0 spiro atoms. The van der Waals surface area contributed by atoms with Crippen molar-refractivity contribution in [2.24, 2.45) is 0 Å². The molecule has 0 bridgehead atoms. The maximum Gasteiger partial charge on any atom is 0.331 e. The molecule has 0 atom stereocenters. The van der Waals surface area contributed by atoms with Crippen molar-refractivity contribution in [2.45, 2.75) is 51.4 Å². The van der Waals surface area contributed by atoms with E-state index in [2.05, 4.69) is 5.32 Å². The zero-order valence-electron chi connectivity index (χ0n) is 17.9. The molecule has 1 N–H and O–H groups in total. The van der Waals surface area contributed by atoms with Gasteiger partial charge in [0.15, 0.2) is 0 Å². The average Bonchev–Trinajstić information content (AvgIpc) is 3.32. The van der Waals surface area contributed by atoms with E-state index >= 15 is 0 Å². The number of hydrogen-bond donors (Lipinski definition) is 1. The molecule has 1 aromatic heterocycles. The Hall–Kier alpha value is -3.61. The van der Waals surface area contributed by atoms with Gasteiger partial charge in [-0.3, -0.25) is 18.7 Å². The molecule has 1 aliphatic carbocycles. The number of amides is 1. The summed E-state index contributed by atoms with van der Waals surface area (Å²) in [6, 6.07) is 18.4. The van der Waals surface area contributed by atoms with Crippen molar-refractivity contribution in [3.8, 4) is 5.75 Å². The smallest absolute Gasteiger partial charge is 0.331 e. The number of para-hydroxylation sites is 1. The summed E-state index contributed by atoms with van der Waals surface area (Å²) in [5.74, 6) is 0.360. The molecule has 1 aliphatic rings. The molecule has 1 fully saturated rings. The number of aromatic nitrogens is 2. The zero-order chi connectivity index (χ0) is 22.3. The van der Waals surface area contributed by atoms with E-state index in [-0.39, 0.29) is 19.2 Å². The van der Waals surface area contributed by atoms with Crippen LogP contribution in [0.2, 0.25) is 0 Å². The fraction of sp³-hybridized carbons (Fsp3) is 0.320. The molecule has 166 valence electrons. The van der Waals surface area contributed by atoms with Crippen LogP contribution < -0.4 is 21.3 Å². The van der Waals surface area contributed by atoms with Gasteiger partial charge in [0.05, 0.1) is 12.6 Å². The third kappa shape index (κ3) is 5.35. The Morgan fingerprint density at radius 3 is 2.47 bits per heavy atom. The first kappa shape index (κ1) is 21.6. The zero-order valence-corrected chi connectivity index (χ0v) is 17.9. The Kier molecular flexibility index (Phi) is 6.84. The third-order valence-corrected chi connectivity index (χ3v) is 5.68. The number of ether oxygens (including phenoxy) is 1. The summed E-state index contributed by atoms with van der Waals surface area (Å²) >= 11 is 0. The maximum absolute atomic E-state index is 12.8. The summed E-state index contributed by atoms with van der Waals surface area (Å²) in [5.41, 5.74) is 0.790. The molecule has 1 heterocycles. The molecular formula is C25H27N3O4. The first-order valence-electron chi connectivity index (χ1n) is 11.0. The van der Waals surface area contributed by atoms with Crippen LogP contribution in [0.5, 0.6) is 5.75 Å². The minimum atomic E-state index is -0.513. The van der Waals surface area contributed by atoms with Crippen LogP contribution in [0.4, 0.5) is 0 Å². The number of carbonyl (C=O) groups is 1. The summed E-state index contributed by atoms with van der Waals surface area (Å²) in [7, 11) is 0. The lowest BCUT2D eigenvalue weighted by Gasteiger charge is -2.17. The van der Waals surface area contributed by atoms with Gasteiger partial charge >= 0.3 is 5.69 Å². The standard InChI is InChI=1S/C25H27N3O4/c29-23(26-16-20-10-4-7-13-22(20)32-21-11-5-6-12-21)18-28-24(30)14-15-27(25(28)31)17-19-8-2-1-3-9-19/h1-4,7-10,13-15,21H,5-6,11-12,16-18H2,(H,26,29).